The van der Waals surface area contributed by atoms with Gasteiger partial charge in [-0.3, -0.25) is 14.6 Å². The molecule has 1 aromatic carbocycles. The van der Waals surface area contributed by atoms with Crippen LogP contribution in [0.5, 0.6) is 0 Å². The van der Waals surface area contributed by atoms with E-state index in [1.54, 1.807) is 41.3 Å². The molecule has 2 amide bonds. The Bertz CT molecular complexity index is 974. The van der Waals surface area contributed by atoms with E-state index in [2.05, 4.69) is 15.4 Å². The smallest absolute Gasteiger partial charge is 0.328 e. The Morgan fingerprint density at radius 1 is 1.10 bits per heavy atom. The van der Waals surface area contributed by atoms with Crippen LogP contribution in [0.3, 0.4) is 0 Å². The molecule has 9 nitrogen and oxygen atoms in total. The lowest BCUT2D eigenvalue weighted by Gasteiger charge is -2.19. The SMILES string of the molecule is O=C(Nc1ccc(N2CCCC2=O)cn1)C1=NN(c2ccccc2)C(C(=O)O)C1. The van der Waals surface area contributed by atoms with E-state index in [4.69, 9.17) is 0 Å². The summed E-state index contributed by atoms with van der Waals surface area (Å²) in [7, 11) is 0. The van der Waals surface area contributed by atoms with E-state index < -0.39 is 17.9 Å². The van der Waals surface area contributed by atoms with Gasteiger partial charge in [0.1, 0.15) is 11.5 Å². The van der Waals surface area contributed by atoms with Crippen LogP contribution in [0.4, 0.5) is 17.2 Å². The number of para-hydroxylation sites is 1. The second kappa shape index (κ2) is 7.70. The van der Waals surface area contributed by atoms with Crippen LogP contribution in [0, 0.1) is 0 Å². The number of hydrogen-bond acceptors (Lipinski definition) is 6. The van der Waals surface area contributed by atoms with E-state index in [-0.39, 0.29) is 18.0 Å². The van der Waals surface area contributed by atoms with E-state index >= 15 is 0 Å². The predicted molar refractivity (Wildman–Crippen MR) is 107 cm³/mol. The van der Waals surface area contributed by atoms with Crippen molar-refractivity contribution < 1.29 is 19.5 Å². The van der Waals surface area contributed by atoms with Crippen molar-refractivity contribution in [1.29, 1.82) is 0 Å². The van der Waals surface area contributed by atoms with Crippen LogP contribution in [-0.2, 0) is 14.4 Å². The normalized spacial score (nSPS) is 18.7. The molecule has 1 fully saturated rings. The minimum absolute atomic E-state index is 0.0174. The highest BCUT2D eigenvalue weighted by Gasteiger charge is 2.36. The van der Waals surface area contributed by atoms with Gasteiger partial charge in [0.2, 0.25) is 5.91 Å². The largest absolute Gasteiger partial charge is 0.480 e. The van der Waals surface area contributed by atoms with Gasteiger partial charge in [-0.15, -0.1) is 0 Å². The van der Waals surface area contributed by atoms with Crippen molar-refractivity contribution in [3.05, 3.63) is 48.7 Å². The summed E-state index contributed by atoms with van der Waals surface area (Å²) >= 11 is 0. The highest BCUT2D eigenvalue weighted by Crippen LogP contribution is 2.25. The molecular weight excluding hydrogens is 374 g/mol. The molecule has 2 aliphatic heterocycles. The highest BCUT2D eigenvalue weighted by molar-refractivity contribution is 6.44. The first kappa shape index (κ1) is 18.6. The first-order valence-electron chi connectivity index (χ1n) is 9.25. The molecule has 1 atom stereocenters. The lowest BCUT2D eigenvalue weighted by atomic mass is 10.1. The zero-order chi connectivity index (χ0) is 20.4. The van der Waals surface area contributed by atoms with Gasteiger partial charge >= 0.3 is 5.97 Å². The van der Waals surface area contributed by atoms with Crippen LogP contribution in [0.1, 0.15) is 19.3 Å². The lowest BCUT2D eigenvalue weighted by Crippen LogP contribution is -2.34. The molecule has 9 heteroatoms. The predicted octanol–water partition coefficient (Wildman–Crippen LogP) is 1.87. The van der Waals surface area contributed by atoms with E-state index in [1.165, 1.54) is 11.2 Å². The molecule has 148 valence electrons. The summed E-state index contributed by atoms with van der Waals surface area (Å²) in [4.78, 5) is 41.9. The highest BCUT2D eigenvalue weighted by atomic mass is 16.4. The number of aliphatic carboxylic acids is 1. The second-order valence-corrected chi connectivity index (χ2v) is 6.79. The molecule has 0 aliphatic carbocycles. The molecule has 2 aromatic rings. The number of hydrazone groups is 1. The molecule has 29 heavy (non-hydrogen) atoms. The molecule has 1 saturated heterocycles. The van der Waals surface area contributed by atoms with Crippen molar-refractivity contribution >= 4 is 40.7 Å². The number of carbonyl (C=O) groups is 3. The molecule has 2 N–H and O–H groups in total. The number of carboxylic acid groups (broad SMARTS) is 1. The van der Waals surface area contributed by atoms with Gasteiger partial charge in [0.25, 0.3) is 5.91 Å². The maximum Gasteiger partial charge on any atom is 0.328 e. The van der Waals surface area contributed by atoms with Crippen LogP contribution >= 0.6 is 0 Å². The van der Waals surface area contributed by atoms with Crippen molar-refractivity contribution in [3.63, 3.8) is 0 Å². The van der Waals surface area contributed by atoms with Crippen LogP contribution in [0.15, 0.2) is 53.8 Å². The van der Waals surface area contributed by atoms with Crippen LogP contribution < -0.4 is 15.2 Å². The second-order valence-electron chi connectivity index (χ2n) is 6.79. The molecular formula is C20H19N5O4. The van der Waals surface area contributed by atoms with Crippen molar-refractivity contribution in [2.75, 3.05) is 21.8 Å². The van der Waals surface area contributed by atoms with E-state index in [1.807, 2.05) is 6.07 Å². The molecule has 4 rings (SSSR count). The molecule has 0 spiro atoms. The Kier molecular flexibility index (Phi) is 4.94. The van der Waals surface area contributed by atoms with Crippen molar-refractivity contribution in [2.24, 2.45) is 5.10 Å². The van der Waals surface area contributed by atoms with Crippen molar-refractivity contribution in [3.8, 4) is 0 Å². The van der Waals surface area contributed by atoms with Gasteiger partial charge in [0.15, 0.2) is 6.04 Å². The molecule has 0 saturated carbocycles. The van der Waals surface area contributed by atoms with E-state index in [0.29, 0.717) is 30.2 Å². The number of carboxylic acids is 1. The van der Waals surface area contributed by atoms with Gasteiger partial charge in [-0.2, -0.15) is 5.10 Å². The number of hydrogen-bond donors (Lipinski definition) is 2. The lowest BCUT2D eigenvalue weighted by molar-refractivity contribution is -0.138. The fraction of sp³-hybridized carbons (Fsp3) is 0.250. The van der Waals surface area contributed by atoms with Gasteiger partial charge in [0, 0.05) is 19.4 Å². The first-order valence-corrected chi connectivity index (χ1v) is 9.25. The average Bonchev–Trinajstić information content (AvgIpc) is 3.36. The van der Waals surface area contributed by atoms with Crippen molar-refractivity contribution in [2.45, 2.75) is 25.3 Å². The Morgan fingerprint density at radius 2 is 1.90 bits per heavy atom. The fourth-order valence-corrected chi connectivity index (χ4v) is 3.39. The number of nitrogens with one attached hydrogen (secondary N) is 1. The van der Waals surface area contributed by atoms with Gasteiger partial charge in [-0.25, -0.2) is 9.78 Å². The maximum absolute atomic E-state index is 12.6. The minimum atomic E-state index is -1.06. The van der Waals surface area contributed by atoms with Gasteiger partial charge in [0.05, 0.1) is 17.6 Å². The number of carbonyl (C=O) groups excluding carboxylic acids is 2. The van der Waals surface area contributed by atoms with E-state index in [9.17, 15) is 19.5 Å². The molecule has 2 aliphatic rings. The molecule has 0 radical (unpaired) electrons. The molecule has 1 unspecified atom stereocenters. The summed E-state index contributed by atoms with van der Waals surface area (Å²) in [6.07, 6.45) is 2.86. The number of amides is 2. The van der Waals surface area contributed by atoms with E-state index in [0.717, 1.165) is 6.42 Å². The maximum atomic E-state index is 12.6. The minimum Gasteiger partial charge on any atom is -0.480 e. The molecule has 0 bridgehead atoms. The molecule has 1 aromatic heterocycles. The quantitative estimate of drug-likeness (QED) is 0.801. The van der Waals surface area contributed by atoms with Crippen molar-refractivity contribution in [1.82, 2.24) is 4.98 Å². The summed E-state index contributed by atoms with van der Waals surface area (Å²) < 4.78 is 0. The summed E-state index contributed by atoms with van der Waals surface area (Å²) in [5, 5.41) is 17.7. The van der Waals surface area contributed by atoms with Gasteiger partial charge in [-0.1, -0.05) is 18.2 Å². The zero-order valence-corrected chi connectivity index (χ0v) is 15.5. The van der Waals surface area contributed by atoms with Crippen LogP contribution in [0.25, 0.3) is 0 Å². The average molecular weight is 393 g/mol. The zero-order valence-electron chi connectivity index (χ0n) is 15.5. The Morgan fingerprint density at radius 3 is 2.52 bits per heavy atom. The standard InChI is InChI=1S/C20H19N5O4/c26-18-7-4-10-24(18)14-8-9-17(21-12-14)22-19(27)15-11-16(20(28)29)25(23-15)13-5-2-1-3-6-13/h1-3,5-6,8-9,12,16H,4,7,10-11H2,(H,28,29)(H,21,22,27). The van der Waals surface area contributed by atoms with Crippen LogP contribution in [0.2, 0.25) is 0 Å². The Labute approximate surface area is 166 Å². The number of pyridine rings is 1. The fourth-order valence-electron chi connectivity index (χ4n) is 3.39. The number of anilines is 3. The number of nitrogens with zero attached hydrogens (tertiary/aromatic N) is 4. The third-order valence-electron chi connectivity index (χ3n) is 4.85. The summed E-state index contributed by atoms with van der Waals surface area (Å²) in [6.45, 7) is 0.662. The van der Waals surface area contributed by atoms with Gasteiger partial charge < -0.3 is 15.3 Å². The summed E-state index contributed by atoms with van der Waals surface area (Å²) in [5.74, 6) is -1.20. The summed E-state index contributed by atoms with van der Waals surface area (Å²) in [5.41, 5.74) is 1.40. The number of aromatic nitrogens is 1. The first-order chi connectivity index (χ1) is 14.0. The third kappa shape index (κ3) is 3.79. The van der Waals surface area contributed by atoms with Gasteiger partial charge in [-0.05, 0) is 30.7 Å². The monoisotopic (exact) mass is 393 g/mol. The Hall–Kier alpha value is -3.75. The Balaban J connectivity index is 1.48. The summed E-state index contributed by atoms with van der Waals surface area (Å²) in [6, 6.07) is 11.2. The third-order valence-corrected chi connectivity index (χ3v) is 4.85. The topological polar surface area (TPSA) is 115 Å². The number of benzene rings is 1. The number of rotatable bonds is 5. The molecule has 3 heterocycles. The van der Waals surface area contributed by atoms with Crippen LogP contribution in [-0.4, -0.2) is 46.2 Å².